The summed E-state index contributed by atoms with van der Waals surface area (Å²) in [5, 5.41) is 0. The van der Waals surface area contributed by atoms with Gasteiger partial charge in [0.15, 0.2) is 5.78 Å². The minimum absolute atomic E-state index is 0.237. The van der Waals surface area contributed by atoms with E-state index in [2.05, 4.69) is 37.0 Å². The van der Waals surface area contributed by atoms with Gasteiger partial charge in [-0.2, -0.15) is 0 Å². The Labute approximate surface area is 190 Å². The van der Waals surface area contributed by atoms with E-state index in [4.69, 9.17) is 9.47 Å². The molecule has 2 aromatic carbocycles. The van der Waals surface area contributed by atoms with Crippen molar-refractivity contribution in [1.82, 2.24) is 0 Å². The lowest BCUT2D eigenvalue weighted by atomic mass is 9.55. The van der Waals surface area contributed by atoms with E-state index in [1.807, 2.05) is 30.3 Å². The predicted octanol–water partition coefficient (Wildman–Crippen LogP) is 5.72. The number of allylic oxidation sites excluding steroid dienone is 2. The van der Waals surface area contributed by atoms with E-state index in [-0.39, 0.29) is 5.41 Å². The van der Waals surface area contributed by atoms with E-state index in [0.29, 0.717) is 23.5 Å². The third-order valence-corrected chi connectivity index (χ3v) is 8.13. The molecule has 32 heavy (non-hydrogen) atoms. The summed E-state index contributed by atoms with van der Waals surface area (Å²) < 4.78 is 10.6. The molecule has 0 N–H and O–H groups in total. The molecule has 0 aliphatic heterocycles. The molecule has 0 heterocycles. The maximum atomic E-state index is 13.4. The van der Waals surface area contributed by atoms with E-state index in [9.17, 15) is 4.79 Å². The van der Waals surface area contributed by atoms with Crippen LogP contribution in [-0.2, 0) is 11.2 Å². The molecule has 0 spiro atoms. The monoisotopic (exact) mass is 426 g/mol. The molecule has 2 aromatic rings. The van der Waals surface area contributed by atoms with Crippen LogP contribution >= 0.6 is 0 Å². The average Bonchev–Trinajstić information content (AvgIpc) is 3.09. The molecule has 0 bridgehead atoms. The number of benzene rings is 2. The number of rotatable bonds is 2. The Morgan fingerprint density at radius 1 is 1.03 bits per heavy atom. The molecule has 0 unspecified atom stereocenters. The fourth-order valence-electron chi connectivity index (χ4n) is 6.37. The second-order valence-electron chi connectivity index (χ2n) is 9.64. The van der Waals surface area contributed by atoms with Gasteiger partial charge in [0.25, 0.3) is 0 Å². The number of fused-ring (bicyclic) bond motifs is 5. The summed E-state index contributed by atoms with van der Waals surface area (Å²) in [5.74, 6) is 9.95. The van der Waals surface area contributed by atoms with Crippen molar-refractivity contribution < 1.29 is 14.3 Å². The van der Waals surface area contributed by atoms with Gasteiger partial charge in [-0.3, -0.25) is 4.79 Å². The van der Waals surface area contributed by atoms with Crippen LogP contribution in [0.1, 0.15) is 55.2 Å². The summed E-state index contributed by atoms with van der Waals surface area (Å²) in [4.78, 5) is 13.4. The molecular weight excluding hydrogens is 396 g/mol. The maximum absolute atomic E-state index is 13.4. The maximum Gasteiger partial charge on any atom is 0.165 e. The smallest absolute Gasteiger partial charge is 0.165 e. The number of carbonyl (C=O) groups is 1. The van der Waals surface area contributed by atoms with E-state index in [1.165, 1.54) is 11.1 Å². The molecule has 3 nitrogen and oxygen atoms in total. The van der Waals surface area contributed by atoms with Gasteiger partial charge in [-0.15, -0.1) is 0 Å². The van der Waals surface area contributed by atoms with Crippen LogP contribution < -0.4 is 9.47 Å². The van der Waals surface area contributed by atoms with E-state index in [0.717, 1.165) is 54.7 Å². The SMILES string of the molecule is COc1ccc(C#C/C=C2\C[C@H]3[C@@H]4CCc5cc(OC)ccc5[C@H]4CC[C@@]3(C)C2=O)cc1. The standard InChI is InChI=1S/C29H30O3/c1-29-16-15-25-24-14-12-23(32-3)17-20(24)9-13-26(25)27(29)18-21(28(29)30)6-4-5-19-7-10-22(31-2)11-8-19/h6-8,10-12,14,17,25-27H,9,13,15-16,18H2,1-3H3/b21-6+/t25-,26-,27+,29-/m1/s1. The first kappa shape index (κ1) is 20.9. The Kier molecular flexibility index (Phi) is 5.33. The van der Waals surface area contributed by atoms with Gasteiger partial charge in [-0.25, -0.2) is 0 Å². The first-order valence-electron chi connectivity index (χ1n) is 11.6. The fourth-order valence-corrected chi connectivity index (χ4v) is 6.37. The van der Waals surface area contributed by atoms with Gasteiger partial charge in [0.2, 0.25) is 0 Å². The van der Waals surface area contributed by atoms with Crippen molar-refractivity contribution in [3.63, 3.8) is 0 Å². The molecule has 0 aromatic heterocycles. The molecule has 3 aliphatic carbocycles. The second-order valence-corrected chi connectivity index (χ2v) is 9.64. The van der Waals surface area contributed by atoms with Crippen LogP contribution in [0.5, 0.6) is 11.5 Å². The topological polar surface area (TPSA) is 35.5 Å². The van der Waals surface area contributed by atoms with Gasteiger partial charge in [0.05, 0.1) is 14.2 Å². The molecule has 0 amide bonds. The number of carbonyl (C=O) groups excluding carboxylic acids is 1. The molecule has 164 valence electrons. The van der Waals surface area contributed by atoms with Crippen molar-refractivity contribution >= 4 is 5.78 Å². The first-order chi connectivity index (χ1) is 15.5. The van der Waals surface area contributed by atoms with Crippen LogP contribution in [0, 0.1) is 29.1 Å². The average molecular weight is 427 g/mol. The van der Waals surface area contributed by atoms with Crippen LogP contribution in [0.25, 0.3) is 0 Å². The molecule has 2 fully saturated rings. The highest BCUT2D eigenvalue weighted by Crippen LogP contribution is 2.60. The van der Waals surface area contributed by atoms with Crippen molar-refractivity contribution in [3.05, 3.63) is 70.8 Å². The Bertz CT molecular complexity index is 1130. The fraction of sp³-hybridized carbons (Fsp3) is 0.414. The van der Waals surface area contributed by atoms with Gasteiger partial charge >= 0.3 is 0 Å². The first-order valence-corrected chi connectivity index (χ1v) is 11.6. The van der Waals surface area contributed by atoms with Gasteiger partial charge in [-0.05, 0) is 103 Å². The lowest BCUT2D eigenvalue weighted by Crippen LogP contribution is -2.42. The molecule has 2 saturated carbocycles. The summed E-state index contributed by atoms with van der Waals surface area (Å²) in [5.41, 5.74) is 4.52. The Morgan fingerprint density at radius 3 is 2.53 bits per heavy atom. The minimum Gasteiger partial charge on any atom is -0.497 e. The third-order valence-electron chi connectivity index (χ3n) is 8.13. The number of ketones is 1. The quantitative estimate of drug-likeness (QED) is 0.455. The Balaban J connectivity index is 1.39. The summed E-state index contributed by atoms with van der Waals surface area (Å²) in [6.45, 7) is 2.21. The van der Waals surface area contributed by atoms with Crippen LogP contribution in [-0.4, -0.2) is 20.0 Å². The minimum atomic E-state index is -0.237. The Morgan fingerprint density at radius 2 is 1.78 bits per heavy atom. The van der Waals surface area contributed by atoms with Crippen molar-refractivity contribution in [2.75, 3.05) is 14.2 Å². The van der Waals surface area contributed by atoms with Crippen molar-refractivity contribution in [2.45, 2.75) is 44.9 Å². The second kappa shape index (κ2) is 8.17. The summed E-state index contributed by atoms with van der Waals surface area (Å²) in [7, 11) is 3.39. The number of Topliss-reactive ketones (excluding diaryl/α,β-unsaturated/α-hetero) is 1. The summed E-state index contributed by atoms with van der Waals surface area (Å²) in [6.07, 6.45) is 7.03. The number of aryl methyl sites for hydroxylation is 1. The normalized spacial score (nSPS) is 29.4. The molecular formula is C29H30O3. The van der Waals surface area contributed by atoms with E-state index >= 15 is 0 Å². The molecule has 0 saturated heterocycles. The number of hydrogen-bond acceptors (Lipinski definition) is 3. The highest BCUT2D eigenvalue weighted by Gasteiger charge is 2.56. The van der Waals surface area contributed by atoms with E-state index < -0.39 is 0 Å². The molecule has 4 atom stereocenters. The van der Waals surface area contributed by atoms with Gasteiger partial charge < -0.3 is 9.47 Å². The highest BCUT2D eigenvalue weighted by molar-refractivity contribution is 6.03. The third kappa shape index (κ3) is 3.43. The molecule has 5 rings (SSSR count). The largest absolute Gasteiger partial charge is 0.497 e. The highest BCUT2D eigenvalue weighted by atomic mass is 16.5. The molecule has 0 radical (unpaired) electrons. The van der Waals surface area contributed by atoms with Gasteiger partial charge in [0, 0.05) is 16.6 Å². The van der Waals surface area contributed by atoms with Crippen molar-refractivity contribution in [3.8, 4) is 23.3 Å². The van der Waals surface area contributed by atoms with Crippen molar-refractivity contribution in [2.24, 2.45) is 17.3 Å². The zero-order valence-electron chi connectivity index (χ0n) is 19.1. The number of methoxy groups -OCH3 is 2. The summed E-state index contributed by atoms with van der Waals surface area (Å²) >= 11 is 0. The van der Waals surface area contributed by atoms with Crippen LogP contribution in [0.3, 0.4) is 0 Å². The number of ether oxygens (including phenoxy) is 2. The molecule has 3 aliphatic rings. The predicted molar refractivity (Wildman–Crippen MR) is 126 cm³/mol. The van der Waals surface area contributed by atoms with Crippen LogP contribution in [0.15, 0.2) is 54.1 Å². The molecule has 3 heteroatoms. The lowest BCUT2D eigenvalue weighted by Gasteiger charge is -2.48. The number of hydrogen-bond donors (Lipinski definition) is 0. The van der Waals surface area contributed by atoms with Crippen LogP contribution in [0.4, 0.5) is 0 Å². The van der Waals surface area contributed by atoms with Gasteiger partial charge in [-0.1, -0.05) is 24.8 Å². The van der Waals surface area contributed by atoms with Crippen molar-refractivity contribution in [1.29, 1.82) is 0 Å². The Hall–Kier alpha value is -2.99. The van der Waals surface area contributed by atoms with Crippen LogP contribution in [0.2, 0.25) is 0 Å². The van der Waals surface area contributed by atoms with Gasteiger partial charge in [0.1, 0.15) is 11.5 Å². The van der Waals surface area contributed by atoms with E-state index in [1.54, 1.807) is 14.2 Å². The lowest BCUT2D eigenvalue weighted by molar-refractivity contribution is -0.127. The zero-order chi connectivity index (χ0) is 22.3. The summed E-state index contributed by atoms with van der Waals surface area (Å²) in [6, 6.07) is 14.3. The zero-order valence-corrected chi connectivity index (χ0v) is 19.1.